The molecule has 2 aromatic carbocycles. The Balaban J connectivity index is 1.93. The molecule has 0 unspecified atom stereocenters. The Labute approximate surface area is 206 Å². The summed E-state index contributed by atoms with van der Waals surface area (Å²) >= 11 is 3.41. The molecule has 33 heavy (non-hydrogen) atoms. The largest absolute Gasteiger partial charge is 0.496 e. The first-order valence-electron chi connectivity index (χ1n) is 10.1. The van der Waals surface area contributed by atoms with Crippen LogP contribution in [0.5, 0.6) is 5.75 Å². The summed E-state index contributed by atoms with van der Waals surface area (Å²) < 4.78 is 27.0. The van der Waals surface area contributed by atoms with Gasteiger partial charge in [0.1, 0.15) is 11.6 Å². The average molecular weight is 578 g/mol. The quantitative estimate of drug-likeness (QED) is 0.343. The Morgan fingerprint density at radius 3 is 2.64 bits per heavy atom. The number of carbonyl (C=O) groups excluding carboxylic acids is 1. The number of ether oxygens (including phenoxy) is 2. The molecule has 0 fully saturated rings. The van der Waals surface area contributed by atoms with E-state index in [1.807, 2.05) is 18.2 Å². The van der Waals surface area contributed by atoms with Gasteiger partial charge in [0.15, 0.2) is 4.80 Å². The highest BCUT2D eigenvalue weighted by Crippen LogP contribution is 2.30. The second kappa shape index (κ2) is 9.60. The molecule has 2 heterocycles. The molecule has 170 valence electrons. The average Bonchev–Trinajstić information content (AvgIpc) is 3.08. The number of carbonyl (C=O) groups is 1. The van der Waals surface area contributed by atoms with Gasteiger partial charge in [0.05, 0.1) is 39.1 Å². The molecule has 3 aromatic rings. The lowest BCUT2D eigenvalue weighted by atomic mass is 9.96. The smallest absolute Gasteiger partial charge is 0.338 e. The number of hydrogen-bond acceptors (Lipinski definition) is 6. The minimum atomic E-state index is -0.765. The van der Waals surface area contributed by atoms with E-state index < -0.39 is 17.8 Å². The Hall–Kier alpha value is -2.79. The normalized spacial score (nSPS) is 15.8. The number of thiazole rings is 1. The molecule has 1 aromatic heterocycles. The summed E-state index contributed by atoms with van der Waals surface area (Å²) in [7, 11) is 1.61. The van der Waals surface area contributed by atoms with Crippen molar-refractivity contribution in [3.05, 3.63) is 93.9 Å². The van der Waals surface area contributed by atoms with Crippen molar-refractivity contribution in [1.82, 2.24) is 4.57 Å². The Morgan fingerprint density at radius 1 is 1.27 bits per heavy atom. The monoisotopic (exact) mass is 578 g/mol. The van der Waals surface area contributed by atoms with Crippen molar-refractivity contribution in [1.29, 1.82) is 0 Å². The highest BCUT2D eigenvalue weighted by Gasteiger charge is 2.33. The predicted octanol–water partition coefficient (Wildman–Crippen LogP) is 3.55. The van der Waals surface area contributed by atoms with E-state index in [1.54, 1.807) is 39.2 Å². The molecule has 0 bridgehead atoms. The molecule has 0 spiro atoms. The molecule has 0 amide bonds. The van der Waals surface area contributed by atoms with E-state index in [9.17, 15) is 14.0 Å². The summed E-state index contributed by atoms with van der Waals surface area (Å²) in [6.07, 6.45) is 1.79. The van der Waals surface area contributed by atoms with Crippen LogP contribution >= 0.6 is 33.9 Å². The van der Waals surface area contributed by atoms with Gasteiger partial charge in [-0.05, 0) is 77.9 Å². The molecular weight excluding hydrogens is 558 g/mol. The third-order valence-electron chi connectivity index (χ3n) is 5.18. The maximum Gasteiger partial charge on any atom is 0.338 e. The molecule has 1 aliphatic rings. The maximum atomic E-state index is 13.6. The van der Waals surface area contributed by atoms with Gasteiger partial charge in [0.25, 0.3) is 5.56 Å². The minimum Gasteiger partial charge on any atom is -0.496 e. The van der Waals surface area contributed by atoms with Gasteiger partial charge in [-0.2, -0.15) is 0 Å². The number of fused-ring (bicyclic) bond motifs is 1. The lowest BCUT2D eigenvalue weighted by Crippen LogP contribution is -2.39. The number of methoxy groups -OCH3 is 1. The molecule has 0 N–H and O–H groups in total. The summed E-state index contributed by atoms with van der Waals surface area (Å²) in [4.78, 5) is 31.3. The van der Waals surface area contributed by atoms with Crippen LogP contribution in [0, 0.1) is 9.39 Å². The summed E-state index contributed by atoms with van der Waals surface area (Å²) in [6.45, 7) is 3.62. The Kier molecular flexibility index (Phi) is 6.80. The zero-order valence-electron chi connectivity index (χ0n) is 18.1. The fourth-order valence-electron chi connectivity index (χ4n) is 3.68. The molecule has 6 nitrogen and oxygen atoms in total. The molecule has 0 aliphatic carbocycles. The number of aromatic nitrogens is 1. The summed E-state index contributed by atoms with van der Waals surface area (Å²) in [5, 5.41) is 0. The van der Waals surface area contributed by atoms with Crippen LogP contribution in [-0.2, 0) is 9.53 Å². The van der Waals surface area contributed by atoms with E-state index >= 15 is 0 Å². The summed E-state index contributed by atoms with van der Waals surface area (Å²) in [5.41, 5.74) is 1.88. The van der Waals surface area contributed by atoms with Crippen LogP contribution < -0.4 is 19.6 Å². The van der Waals surface area contributed by atoms with Crippen LogP contribution in [0.3, 0.4) is 0 Å². The van der Waals surface area contributed by atoms with Crippen molar-refractivity contribution >= 4 is 46.0 Å². The van der Waals surface area contributed by atoms with Gasteiger partial charge in [-0.25, -0.2) is 14.2 Å². The first kappa shape index (κ1) is 23.4. The van der Waals surface area contributed by atoms with Crippen LogP contribution in [0.15, 0.2) is 63.5 Å². The van der Waals surface area contributed by atoms with Crippen molar-refractivity contribution in [2.24, 2.45) is 4.99 Å². The van der Waals surface area contributed by atoms with Crippen molar-refractivity contribution in [2.75, 3.05) is 13.7 Å². The van der Waals surface area contributed by atoms with Crippen LogP contribution in [0.1, 0.15) is 31.0 Å². The van der Waals surface area contributed by atoms with E-state index in [0.29, 0.717) is 20.6 Å². The standard InChI is InChI=1S/C24H20FIN2O4S/c1-4-32-23(30)20-13(2)27-24-28(21(20)15-6-8-16(25)9-7-15)22(29)19(33-24)12-14-5-10-18(31-3)17(26)11-14/h5-12,21H,4H2,1-3H3/b19-12+/t21-/m1/s1. The van der Waals surface area contributed by atoms with Crippen molar-refractivity contribution in [3.63, 3.8) is 0 Å². The lowest BCUT2D eigenvalue weighted by molar-refractivity contribution is -0.139. The summed E-state index contributed by atoms with van der Waals surface area (Å²) in [5.74, 6) is -0.203. The van der Waals surface area contributed by atoms with Gasteiger partial charge < -0.3 is 9.47 Å². The third-order valence-corrected chi connectivity index (χ3v) is 7.00. The zero-order chi connectivity index (χ0) is 23.7. The summed E-state index contributed by atoms with van der Waals surface area (Å²) in [6, 6.07) is 10.6. The number of nitrogens with zero attached hydrogens (tertiary/aromatic N) is 2. The van der Waals surface area contributed by atoms with Gasteiger partial charge in [-0.1, -0.05) is 29.5 Å². The van der Waals surface area contributed by atoms with E-state index in [0.717, 1.165) is 14.9 Å². The van der Waals surface area contributed by atoms with Gasteiger partial charge in [0, 0.05) is 0 Å². The number of halogens is 2. The molecule has 0 radical (unpaired) electrons. The zero-order valence-corrected chi connectivity index (χ0v) is 21.1. The van der Waals surface area contributed by atoms with Crippen molar-refractivity contribution in [2.45, 2.75) is 19.9 Å². The minimum absolute atomic E-state index is 0.187. The number of esters is 1. The lowest BCUT2D eigenvalue weighted by Gasteiger charge is -2.24. The Morgan fingerprint density at radius 2 is 2.00 bits per heavy atom. The molecule has 1 atom stereocenters. The van der Waals surface area contributed by atoms with Gasteiger partial charge >= 0.3 is 5.97 Å². The maximum absolute atomic E-state index is 13.6. The van der Waals surface area contributed by atoms with Crippen LogP contribution in [0.2, 0.25) is 0 Å². The Bertz CT molecular complexity index is 1440. The number of rotatable bonds is 5. The van der Waals surface area contributed by atoms with Gasteiger partial charge in [-0.15, -0.1) is 0 Å². The number of allylic oxidation sites excluding steroid dienone is 1. The second-order valence-corrected chi connectivity index (χ2v) is 9.42. The third kappa shape index (κ3) is 4.51. The molecule has 0 saturated carbocycles. The van der Waals surface area contributed by atoms with Gasteiger partial charge in [-0.3, -0.25) is 9.36 Å². The highest BCUT2D eigenvalue weighted by atomic mass is 127. The van der Waals surface area contributed by atoms with Crippen molar-refractivity contribution < 1.29 is 18.7 Å². The fraction of sp³-hybridized carbons (Fsp3) is 0.208. The fourth-order valence-corrected chi connectivity index (χ4v) is 5.48. The van der Waals surface area contributed by atoms with Crippen LogP contribution in [-0.4, -0.2) is 24.3 Å². The number of hydrogen-bond donors (Lipinski definition) is 0. The molecule has 1 aliphatic heterocycles. The number of benzene rings is 2. The van der Waals surface area contributed by atoms with Crippen LogP contribution in [0.25, 0.3) is 6.08 Å². The van der Waals surface area contributed by atoms with E-state index in [2.05, 4.69) is 27.6 Å². The first-order valence-corrected chi connectivity index (χ1v) is 12.0. The van der Waals surface area contributed by atoms with Gasteiger partial charge in [0.2, 0.25) is 0 Å². The predicted molar refractivity (Wildman–Crippen MR) is 133 cm³/mol. The molecule has 4 rings (SSSR count). The highest BCUT2D eigenvalue weighted by molar-refractivity contribution is 14.1. The SMILES string of the molecule is CCOC(=O)C1=C(C)N=c2s/c(=C/c3ccc(OC)c(I)c3)c(=O)n2[C@@H]1c1ccc(F)cc1. The first-order chi connectivity index (χ1) is 15.8. The van der Waals surface area contributed by atoms with Crippen molar-refractivity contribution in [3.8, 4) is 5.75 Å². The topological polar surface area (TPSA) is 69.9 Å². The van der Waals surface area contributed by atoms with E-state index in [4.69, 9.17) is 9.47 Å². The second-order valence-electron chi connectivity index (χ2n) is 7.25. The van der Waals surface area contributed by atoms with Crippen LogP contribution in [0.4, 0.5) is 4.39 Å². The molecular formula is C24H20FIN2O4S. The molecule has 0 saturated heterocycles. The van der Waals surface area contributed by atoms with E-state index in [-0.39, 0.29) is 17.7 Å². The molecule has 9 heteroatoms. The van der Waals surface area contributed by atoms with E-state index in [1.165, 1.54) is 28.0 Å².